The molecule has 0 spiro atoms. The van der Waals surface area contributed by atoms with Gasteiger partial charge >= 0.3 is 0 Å². The Morgan fingerprint density at radius 2 is 2.12 bits per heavy atom. The van der Waals surface area contributed by atoms with Crippen molar-refractivity contribution in [2.24, 2.45) is 5.92 Å². The van der Waals surface area contributed by atoms with Crippen LogP contribution in [0.2, 0.25) is 0 Å². The lowest BCUT2D eigenvalue weighted by atomic mass is 9.99. The summed E-state index contributed by atoms with van der Waals surface area (Å²) >= 11 is 0. The van der Waals surface area contributed by atoms with E-state index in [4.69, 9.17) is 6.42 Å². The highest BCUT2D eigenvalue weighted by Crippen LogP contribution is 2.15. The van der Waals surface area contributed by atoms with E-state index < -0.39 is 5.60 Å². The molecule has 0 aliphatic heterocycles. The van der Waals surface area contributed by atoms with Gasteiger partial charge in [-0.05, 0) is 45.4 Å². The fourth-order valence-corrected chi connectivity index (χ4v) is 1.56. The van der Waals surface area contributed by atoms with Crippen LogP contribution in [-0.2, 0) is 0 Å². The maximum Gasteiger partial charge on any atom is 0.122 e. The van der Waals surface area contributed by atoms with Crippen molar-refractivity contribution < 1.29 is 5.11 Å². The van der Waals surface area contributed by atoms with Gasteiger partial charge in [0.05, 0.1) is 0 Å². The van der Waals surface area contributed by atoms with Crippen molar-refractivity contribution in [2.75, 3.05) is 0 Å². The van der Waals surface area contributed by atoms with Crippen LogP contribution in [-0.4, -0.2) is 10.7 Å². The first kappa shape index (κ1) is 15.3. The highest BCUT2D eigenvalue weighted by atomic mass is 16.3. The fourth-order valence-electron chi connectivity index (χ4n) is 1.56. The average molecular weight is 222 g/mol. The number of allylic oxidation sites excluding steroid dienone is 2. The molecular formula is C15H26O. The van der Waals surface area contributed by atoms with Crippen LogP contribution in [0.1, 0.15) is 59.8 Å². The molecule has 0 radical (unpaired) electrons. The van der Waals surface area contributed by atoms with Gasteiger partial charge in [0.2, 0.25) is 0 Å². The van der Waals surface area contributed by atoms with Crippen molar-refractivity contribution >= 4 is 0 Å². The van der Waals surface area contributed by atoms with E-state index in [1.165, 1.54) is 18.4 Å². The van der Waals surface area contributed by atoms with Crippen molar-refractivity contribution in [2.45, 2.75) is 65.4 Å². The van der Waals surface area contributed by atoms with Crippen LogP contribution in [0, 0.1) is 18.3 Å². The minimum Gasteiger partial charge on any atom is -0.378 e. The Balaban J connectivity index is 3.76. The van der Waals surface area contributed by atoms with Crippen LogP contribution in [0.3, 0.4) is 0 Å². The van der Waals surface area contributed by atoms with Gasteiger partial charge in [-0.25, -0.2) is 0 Å². The Hall–Kier alpha value is -0.740. The molecule has 0 aliphatic carbocycles. The molecule has 0 aliphatic rings. The Morgan fingerprint density at radius 3 is 2.62 bits per heavy atom. The van der Waals surface area contributed by atoms with E-state index >= 15 is 0 Å². The zero-order valence-corrected chi connectivity index (χ0v) is 11.2. The standard InChI is InChI=1S/C15H26O/c1-6-15(5,16)12-8-11-14(4)10-7-9-13(2)3/h1,11,13,16H,7-10,12H2,2-5H3. The van der Waals surface area contributed by atoms with Gasteiger partial charge in [0.1, 0.15) is 5.60 Å². The molecule has 0 aromatic rings. The minimum atomic E-state index is -0.950. The van der Waals surface area contributed by atoms with Gasteiger partial charge in [-0.15, -0.1) is 6.42 Å². The third-order valence-corrected chi connectivity index (χ3v) is 2.79. The lowest BCUT2D eigenvalue weighted by Gasteiger charge is -2.14. The van der Waals surface area contributed by atoms with Gasteiger partial charge in [0.25, 0.3) is 0 Å². The van der Waals surface area contributed by atoms with Crippen molar-refractivity contribution in [3.8, 4) is 12.3 Å². The van der Waals surface area contributed by atoms with Gasteiger partial charge in [0.15, 0.2) is 0 Å². The number of hydrogen-bond donors (Lipinski definition) is 1. The number of rotatable bonds is 7. The normalized spacial score (nSPS) is 15.9. The molecule has 0 amide bonds. The fraction of sp³-hybridized carbons (Fsp3) is 0.733. The summed E-state index contributed by atoms with van der Waals surface area (Å²) in [6.07, 6.45) is 12.6. The Bertz CT molecular complexity index is 253. The zero-order chi connectivity index (χ0) is 12.6. The van der Waals surface area contributed by atoms with Crippen LogP contribution < -0.4 is 0 Å². The molecule has 1 N–H and O–H groups in total. The molecule has 0 rings (SSSR count). The summed E-state index contributed by atoms with van der Waals surface area (Å²) < 4.78 is 0. The van der Waals surface area contributed by atoms with Crippen LogP contribution in [0.4, 0.5) is 0 Å². The first-order valence-corrected chi connectivity index (χ1v) is 6.23. The molecule has 0 saturated heterocycles. The minimum absolute atomic E-state index is 0.644. The molecule has 1 atom stereocenters. The van der Waals surface area contributed by atoms with Gasteiger partial charge in [0, 0.05) is 0 Å². The predicted octanol–water partition coefficient (Wildman–Crippen LogP) is 3.92. The Labute approximate surface area is 101 Å². The monoisotopic (exact) mass is 222 g/mol. The molecule has 0 saturated carbocycles. The topological polar surface area (TPSA) is 20.2 Å². The predicted molar refractivity (Wildman–Crippen MR) is 71.1 cm³/mol. The maximum atomic E-state index is 9.62. The molecule has 1 heteroatoms. The summed E-state index contributed by atoms with van der Waals surface area (Å²) in [7, 11) is 0. The quantitative estimate of drug-likeness (QED) is 0.511. The van der Waals surface area contributed by atoms with Gasteiger partial charge in [-0.2, -0.15) is 0 Å². The SMILES string of the molecule is C#CC(C)(O)CCC=C(C)CCCC(C)C. The van der Waals surface area contributed by atoms with Crippen molar-refractivity contribution in [1.29, 1.82) is 0 Å². The second kappa shape index (κ2) is 7.52. The Morgan fingerprint density at radius 1 is 1.50 bits per heavy atom. The molecule has 16 heavy (non-hydrogen) atoms. The van der Waals surface area contributed by atoms with Crippen LogP contribution >= 0.6 is 0 Å². The summed E-state index contributed by atoms with van der Waals surface area (Å²) in [4.78, 5) is 0. The molecule has 0 heterocycles. The average Bonchev–Trinajstić information content (AvgIpc) is 2.17. The third kappa shape index (κ3) is 8.56. The van der Waals surface area contributed by atoms with E-state index in [-0.39, 0.29) is 0 Å². The lowest BCUT2D eigenvalue weighted by molar-refractivity contribution is 0.113. The maximum absolute atomic E-state index is 9.62. The summed E-state index contributed by atoms with van der Waals surface area (Å²) in [6, 6.07) is 0. The third-order valence-electron chi connectivity index (χ3n) is 2.79. The molecule has 1 nitrogen and oxygen atoms in total. The van der Waals surface area contributed by atoms with Crippen molar-refractivity contribution in [1.82, 2.24) is 0 Å². The molecule has 92 valence electrons. The van der Waals surface area contributed by atoms with E-state index in [0.717, 1.165) is 18.8 Å². The number of hydrogen-bond acceptors (Lipinski definition) is 1. The Kier molecular flexibility index (Phi) is 7.17. The number of aliphatic hydroxyl groups is 1. The highest BCUT2D eigenvalue weighted by Gasteiger charge is 2.14. The highest BCUT2D eigenvalue weighted by molar-refractivity contribution is 5.06. The van der Waals surface area contributed by atoms with Gasteiger partial charge in [-0.3, -0.25) is 0 Å². The van der Waals surface area contributed by atoms with E-state index in [0.29, 0.717) is 6.42 Å². The summed E-state index contributed by atoms with van der Waals surface area (Å²) in [6.45, 7) is 8.35. The molecule has 0 aromatic heterocycles. The molecule has 1 unspecified atom stereocenters. The van der Waals surface area contributed by atoms with E-state index in [2.05, 4.69) is 32.8 Å². The summed E-state index contributed by atoms with van der Waals surface area (Å²) in [5.74, 6) is 3.19. The smallest absolute Gasteiger partial charge is 0.122 e. The molecule has 0 fully saturated rings. The lowest BCUT2D eigenvalue weighted by Crippen LogP contribution is -2.20. The van der Waals surface area contributed by atoms with Crippen molar-refractivity contribution in [3.05, 3.63) is 11.6 Å². The molecular weight excluding hydrogens is 196 g/mol. The van der Waals surface area contributed by atoms with Crippen LogP contribution in [0.15, 0.2) is 11.6 Å². The summed E-state index contributed by atoms with van der Waals surface area (Å²) in [5, 5.41) is 9.62. The van der Waals surface area contributed by atoms with Crippen LogP contribution in [0.25, 0.3) is 0 Å². The largest absolute Gasteiger partial charge is 0.378 e. The number of terminal acetylenes is 1. The van der Waals surface area contributed by atoms with Gasteiger partial charge < -0.3 is 5.11 Å². The second-order valence-electron chi connectivity index (χ2n) is 5.29. The zero-order valence-electron chi connectivity index (χ0n) is 11.2. The molecule has 0 aromatic carbocycles. The van der Waals surface area contributed by atoms with E-state index in [1.807, 2.05) is 0 Å². The molecule has 0 bridgehead atoms. The van der Waals surface area contributed by atoms with E-state index in [1.54, 1.807) is 6.92 Å². The summed E-state index contributed by atoms with van der Waals surface area (Å²) in [5.41, 5.74) is 0.461. The van der Waals surface area contributed by atoms with Crippen LogP contribution in [0.5, 0.6) is 0 Å². The van der Waals surface area contributed by atoms with Crippen molar-refractivity contribution in [3.63, 3.8) is 0 Å². The van der Waals surface area contributed by atoms with Gasteiger partial charge in [-0.1, -0.05) is 37.8 Å². The first-order valence-electron chi connectivity index (χ1n) is 6.23. The van der Waals surface area contributed by atoms with E-state index in [9.17, 15) is 5.11 Å². The second-order valence-corrected chi connectivity index (χ2v) is 5.29. The first-order chi connectivity index (χ1) is 7.37.